The maximum Gasteiger partial charge on any atom is 0.219 e. The molecule has 0 aromatic rings. The van der Waals surface area contributed by atoms with Crippen molar-refractivity contribution in [3.63, 3.8) is 0 Å². The third-order valence-electron chi connectivity index (χ3n) is 5.19. The molecule has 2 rings (SSSR count). The van der Waals surface area contributed by atoms with Crippen molar-refractivity contribution in [1.82, 2.24) is 9.80 Å². The Labute approximate surface area is 141 Å². The van der Waals surface area contributed by atoms with E-state index < -0.39 is 0 Å². The molecule has 2 aliphatic rings. The number of piperidine rings is 1. The highest BCUT2D eigenvalue weighted by molar-refractivity contribution is 5.73. The summed E-state index contributed by atoms with van der Waals surface area (Å²) in [5, 5.41) is 0. The smallest absolute Gasteiger partial charge is 0.219 e. The summed E-state index contributed by atoms with van der Waals surface area (Å²) in [6.07, 6.45) is 4.29. The van der Waals surface area contributed by atoms with E-state index in [2.05, 4.69) is 32.6 Å². The highest BCUT2D eigenvalue weighted by Gasteiger charge is 2.31. The van der Waals surface area contributed by atoms with Crippen LogP contribution in [0.2, 0.25) is 0 Å². The van der Waals surface area contributed by atoms with Gasteiger partial charge in [0.2, 0.25) is 5.91 Å². The first kappa shape index (κ1) is 18.7. The molecule has 0 aromatic heterocycles. The topological polar surface area (TPSA) is 42.0 Å². The van der Waals surface area contributed by atoms with Crippen molar-refractivity contribution in [3.8, 4) is 0 Å². The van der Waals surface area contributed by atoms with Gasteiger partial charge in [-0.3, -0.25) is 9.69 Å². The number of ether oxygens (including phenoxy) is 2. The van der Waals surface area contributed by atoms with E-state index in [-0.39, 0.29) is 18.1 Å². The number of hydrogen-bond donors (Lipinski definition) is 0. The molecule has 3 atom stereocenters. The zero-order chi connectivity index (χ0) is 17.0. The average Bonchev–Trinajstić information content (AvgIpc) is 2.95. The van der Waals surface area contributed by atoms with Crippen LogP contribution in [0.4, 0.5) is 0 Å². The molecule has 2 unspecified atom stereocenters. The van der Waals surface area contributed by atoms with Crippen molar-refractivity contribution in [2.24, 2.45) is 0 Å². The van der Waals surface area contributed by atoms with Crippen molar-refractivity contribution in [2.45, 2.75) is 84.3 Å². The molecule has 0 radical (unpaired) electrons. The van der Waals surface area contributed by atoms with Gasteiger partial charge in [0.05, 0.1) is 24.4 Å². The summed E-state index contributed by atoms with van der Waals surface area (Å²) in [7, 11) is 0. The Balaban J connectivity index is 1.73. The van der Waals surface area contributed by atoms with E-state index in [1.54, 1.807) is 6.92 Å². The predicted molar refractivity (Wildman–Crippen MR) is 91.5 cm³/mol. The van der Waals surface area contributed by atoms with Crippen LogP contribution in [0, 0.1) is 0 Å². The first-order valence-electron chi connectivity index (χ1n) is 9.17. The summed E-state index contributed by atoms with van der Waals surface area (Å²) in [6.45, 7) is 14.0. The Hall–Kier alpha value is -0.650. The van der Waals surface area contributed by atoms with Gasteiger partial charge in [0, 0.05) is 39.1 Å². The minimum absolute atomic E-state index is 0.157. The van der Waals surface area contributed by atoms with Crippen molar-refractivity contribution in [2.75, 3.05) is 26.2 Å². The van der Waals surface area contributed by atoms with Crippen molar-refractivity contribution < 1.29 is 14.3 Å². The number of nitrogens with zero attached hydrogens (tertiary/aromatic N) is 2. The van der Waals surface area contributed by atoms with Crippen LogP contribution in [0.5, 0.6) is 0 Å². The molecule has 0 saturated carbocycles. The second-order valence-electron chi connectivity index (χ2n) is 7.38. The van der Waals surface area contributed by atoms with Crippen molar-refractivity contribution in [1.29, 1.82) is 0 Å². The molecule has 2 heterocycles. The van der Waals surface area contributed by atoms with E-state index in [4.69, 9.17) is 9.47 Å². The van der Waals surface area contributed by atoms with Gasteiger partial charge < -0.3 is 14.4 Å². The summed E-state index contributed by atoms with van der Waals surface area (Å²) in [5.41, 5.74) is 0. The molecule has 0 aliphatic carbocycles. The van der Waals surface area contributed by atoms with Gasteiger partial charge in [-0.2, -0.15) is 0 Å². The van der Waals surface area contributed by atoms with Crippen LogP contribution in [0.3, 0.4) is 0 Å². The van der Waals surface area contributed by atoms with E-state index in [0.29, 0.717) is 18.2 Å². The molecule has 23 heavy (non-hydrogen) atoms. The van der Waals surface area contributed by atoms with E-state index in [1.807, 2.05) is 4.90 Å². The van der Waals surface area contributed by atoms with Crippen LogP contribution in [-0.2, 0) is 14.3 Å². The molecular weight excluding hydrogens is 292 g/mol. The third kappa shape index (κ3) is 5.44. The Morgan fingerprint density at radius 3 is 2.09 bits per heavy atom. The van der Waals surface area contributed by atoms with Crippen LogP contribution < -0.4 is 0 Å². The normalized spacial score (nSPS) is 26.7. The van der Waals surface area contributed by atoms with Crippen LogP contribution >= 0.6 is 0 Å². The summed E-state index contributed by atoms with van der Waals surface area (Å²) in [5.74, 6) is 0.157. The molecule has 5 heteroatoms. The Bertz CT molecular complexity index is 380. The highest BCUT2D eigenvalue weighted by Crippen LogP contribution is 2.22. The third-order valence-corrected chi connectivity index (χ3v) is 5.19. The fourth-order valence-electron chi connectivity index (χ4n) is 3.64. The lowest BCUT2D eigenvalue weighted by Crippen LogP contribution is -2.48. The Morgan fingerprint density at radius 1 is 0.957 bits per heavy atom. The second kappa shape index (κ2) is 8.45. The summed E-state index contributed by atoms with van der Waals surface area (Å²) in [6, 6.07) is 0.404. The van der Waals surface area contributed by atoms with Crippen LogP contribution in [0.15, 0.2) is 0 Å². The monoisotopic (exact) mass is 326 g/mol. The van der Waals surface area contributed by atoms with Crippen LogP contribution in [0.25, 0.3) is 0 Å². The molecule has 5 nitrogen and oxygen atoms in total. The molecule has 134 valence electrons. The van der Waals surface area contributed by atoms with Gasteiger partial charge in [-0.15, -0.1) is 0 Å². The van der Waals surface area contributed by atoms with E-state index >= 15 is 0 Å². The molecule has 2 saturated heterocycles. The number of hydrogen-bond acceptors (Lipinski definition) is 4. The number of likely N-dealkylation sites (tertiary alicyclic amines) is 2. The van der Waals surface area contributed by atoms with Crippen molar-refractivity contribution >= 4 is 5.91 Å². The second-order valence-corrected chi connectivity index (χ2v) is 7.38. The van der Waals surface area contributed by atoms with E-state index in [1.165, 1.54) is 0 Å². The number of carbonyl (C=O) groups excluding carboxylic acids is 1. The molecule has 0 aromatic carbocycles. The number of carbonyl (C=O) groups is 1. The lowest BCUT2D eigenvalue weighted by molar-refractivity contribution is -0.128. The van der Waals surface area contributed by atoms with Gasteiger partial charge in [-0.25, -0.2) is 0 Å². The predicted octanol–water partition coefficient (Wildman–Crippen LogP) is 2.29. The standard InChI is InChI=1S/C18H34N2O3/c1-13(2)22-17-6-9-19(10-7-17)14(3)15(4)23-18-8-11-20(12-18)16(5)21/h13-15,17-18H,6-12H2,1-5H3/t14?,15?,18-/m1/s1. The van der Waals surface area contributed by atoms with Gasteiger partial charge >= 0.3 is 0 Å². The van der Waals surface area contributed by atoms with E-state index in [0.717, 1.165) is 45.4 Å². The van der Waals surface area contributed by atoms with Gasteiger partial charge in [0.15, 0.2) is 0 Å². The van der Waals surface area contributed by atoms with Crippen molar-refractivity contribution in [3.05, 3.63) is 0 Å². The maximum absolute atomic E-state index is 11.4. The molecular formula is C18H34N2O3. The highest BCUT2D eigenvalue weighted by atomic mass is 16.5. The fraction of sp³-hybridized carbons (Fsp3) is 0.944. The van der Waals surface area contributed by atoms with Gasteiger partial charge in [0.1, 0.15) is 0 Å². The molecule has 2 fully saturated rings. The number of rotatable bonds is 6. The van der Waals surface area contributed by atoms with Crippen LogP contribution in [0.1, 0.15) is 53.9 Å². The Morgan fingerprint density at radius 2 is 1.57 bits per heavy atom. The average molecular weight is 326 g/mol. The SMILES string of the molecule is CC(=O)N1CC[C@@H](OC(C)C(C)N2CCC(OC(C)C)CC2)C1. The lowest BCUT2D eigenvalue weighted by atomic mass is 10.0. The molecule has 0 N–H and O–H groups in total. The van der Waals surface area contributed by atoms with E-state index in [9.17, 15) is 4.79 Å². The lowest BCUT2D eigenvalue weighted by Gasteiger charge is -2.39. The molecule has 2 aliphatic heterocycles. The Kier molecular flexibility index (Phi) is 6.86. The maximum atomic E-state index is 11.4. The fourth-order valence-corrected chi connectivity index (χ4v) is 3.64. The zero-order valence-electron chi connectivity index (χ0n) is 15.5. The van der Waals surface area contributed by atoms with Crippen LogP contribution in [-0.4, -0.2) is 72.3 Å². The molecule has 1 amide bonds. The minimum atomic E-state index is 0.157. The quantitative estimate of drug-likeness (QED) is 0.751. The van der Waals surface area contributed by atoms with Gasteiger partial charge in [-0.05, 0) is 47.0 Å². The largest absolute Gasteiger partial charge is 0.375 e. The van der Waals surface area contributed by atoms with Gasteiger partial charge in [0.25, 0.3) is 0 Å². The number of amides is 1. The van der Waals surface area contributed by atoms with Gasteiger partial charge in [-0.1, -0.05) is 0 Å². The summed E-state index contributed by atoms with van der Waals surface area (Å²) < 4.78 is 12.2. The first-order chi connectivity index (χ1) is 10.9. The zero-order valence-corrected chi connectivity index (χ0v) is 15.5. The molecule has 0 spiro atoms. The summed E-state index contributed by atoms with van der Waals surface area (Å²) in [4.78, 5) is 15.8. The molecule has 0 bridgehead atoms. The first-order valence-corrected chi connectivity index (χ1v) is 9.17. The summed E-state index contributed by atoms with van der Waals surface area (Å²) >= 11 is 0. The minimum Gasteiger partial charge on any atom is -0.375 e.